The van der Waals surface area contributed by atoms with Gasteiger partial charge in [-0.05, 0) is 78.6 Å². The van der Waals surface area contributed by atoms with Crippen LogP contribution in [-0.4, -0.2) is 93.8 Å². The summed E-state index contributed by atoms with van der Waals surface area (Å²) in [5, 5.41) is 68.9. The number of anilines is 1. The molecule has 0 spiro atoms. The van der Waals surface area contributed by atoms with Crippen molar-refractivity contribution < 1.29 is 49.4 Å². The van der Waals surface area contributed by atoms with Crippen molar-refractivity contribution in [2.24, 2.45) is 5.92 Å². The number of aromatic amines is 1. The van der Waals surface area contributed by atoms with Crippen LogP contribution in [0.25, 0.3) is 0 Å². The molecule has 1 aromatic heterocycles. The fourth-order valence-corrected chi connectivity index (χ4v) is 7.30. The Balaban J connectivity index is 1.21. The zero-order chi connectivity index (χ0) is 37.2. The number of carbonyl (C=O) groups is 2. The zero-order valence-corrected chi connectivity index (χ0v) is 28.5. The molecule has 1 aliphatic carbocycles. The molecule has 0 bridgehead atoms. The van der Waals surface area contributed by atoms with Gasteiger partial charge >= 0.3 is 5.97 Å². The Morgan fingerprint density at radius 3 is 2.10 bits per heavy atom. The van der Waals surface area contributed by atoms with Gasteiger partial charge in [-0.2, -0.15) is 5.10 Å². The lowest BCUT2D eigenvalue weighted by atomic mass is 9.72. The standard InChI is InChI=1S/C38H43FN4O9/c1-21(44)52-29(24-9-11-26(39)12-10-24)16-15-28-31(43(37(28)50)27-13-4-22(5-14-27)6-17-30-40-20-41-42-30)25-7-2-23(3-8-25)18-19-38(51)35(48)33(46)32(45)34(47)36(38)49/h2-5,7-14,20,28-29,31-36,45-49,51H,6,15-19H2,1H3,(H,40,41,42)/t28-,29+,31-,32?,33-,34+,35+,36-,38?/m1/s1. The van der Waals surface area contributed by atoms with Gasteiger partial charge in [-0.15, -0.1) is 0 Å². The number of esters is 1. The van der Waals surface area contributed by atoms with Crippen LogP contribution in [-0.2, 0) is 33.6 Å². The van der Waals surface area contributed by atoms with E-state index in [-0.39, 0.29) is 24.8 Å². The number of β-lactam (4-membered cyclic amide) rings is 1. The maximum atomic E-state index is 13.9. The summed E-state index contributed by atoms with van der Waals surface area (Å²) >= 11 is 0. The molecule has 9 atom stereocenters. The highest BCUT2D eigenvalue weighted by Crippen LogP contribution is 2.47. The van der Waals surface area contributed by atoms with Gasteiger partial charge in [-0.25, -0.2) is 9.37 Å². The zero-order valence-electron chi connectivity index (χ0n) is 28.5. The fraction of sp³-hybridized carbons (Fsp3) is 0.421. The SMILES string of the molecule is CC(=O)O[C@@H](CC[C@H]1C(=O)N(c2ccc(CCc3ncn[nH]3)cc2)[C@@H]1c1ccc(CCC2(O)[C@H](O)[C@@H](O)C(O)[C@@H](O)[C@@H]2O)cc1)c1ccc(F)cc1. The summed E-state index contributed by atoms with van der Waals surface area (Å²) in [7, 11) is 0. The van der Waals surface area contributed by atoms with Crippen molar-refractivity contribution in [3.8, 4) is 0 Å². The summed E-state index contributed by atoms with van der Waals surface area (Å²) in [5.74, 6) is -0.721. The van der Waals surface area contributed by atoms with Crippen LogP contribution >= 0.6 is 0 Å². The molecule has 276 valence electrons. The Labute approximate surface area is 299 Å². The minimum Gasteiger partial charge on any atom is -0.458 e. The van der Waals surface area contributed by atoms with E-state index in [0.717, 1.165) is 23.4 Å². The van der Waals surface area contributed by atoms with Crippen molar-refractivity contribution in [2.45, 2.75) is 93.7 Å². The first kappa shape index (κ1) is 37.2. The number of hydrogen-bond acceptors (Lipinski definition) is 11. The fourth-order valence-electron chi connectivity index (χ4n) is 7.30. The van der Waals surface area contributed by atoms with Crippen LogP contribution in [0, 0.1) is 11.7 Å². The normalized spacial score (nSPS) is 28.0. The number of nitrogens with zero attached hydrogens (tertiary/aromatic N) is 3. The number of H-pyrrole nitrogens is 1. The topological polar surface area (TPSA) is 210 Å². The summed E-state index contributed by atoms with van der Waals surface area (Å²) < 4.78 is 19.2. The molecule has 14 heteroatoms. The number of aromatic nitrogens is 3. The van der Waals surface area contributed by atoms with Crippen LogP contribution in [0.2, 0.25) is 0 Å². The number of hydrogen-bond donors (Lipinski definition) is 7. The molecule has 0 radical (unpaired) electrons. The minimum absolute atomic E-state index is 0.106. The second-order valence-corrected chi connectivity index (χ2v) is 13.7. The summed E-state index contributed by atoms with van der Waals surface area (Å²) in [6, 6.07) is 20.3. The first-order valence-electron chi connectivity index (χ1n) is 17.3. The second-order valence-electron chi connectivity index (χ2n) is 13.7. The van der Waals surface area contributed by atoms with Crippen LogP contribution in [0.5, 0.6) is 0 Å². The number of ether oxygens (including phenoxy) is 1. The first-order valence-corrected chi connectivity index (χ1v) is 17.3. The maximum absolute atomic E-state index is 13.9. The molecule has 7 N–H and O–H groups in total. The maximum Gasteiger partial charge on any atom is 0.303 e. The van der Waals surface area contributed by atoms with Crippen LogP contribution < -0.4 is 4.90 Å². The Kier molecular flexibility index (Phi) is 11.1. The van der Waals surface area contributed by atoms with Gasteiger partial charge in [0.2, 0.25) is 5.91 Å². The molecule has 52 heavy (non-hydrogen) atoms. The molecule has 4 aromatic rings. The van der Waals surface area contributed by atoms with Crippen molar-refractivity contribution in [2.75, 3.05) is 4.90 Å². The van der Waals surface area contributed by atoms with Gasteiger partial charge in [0.05, 0.1) is 12.0 Å². The monoisotopic (exact) mass is 718 g/mol. The molecule has 2 fully saturated rings. The van der Waals surface area contributed by atoms with E-state index in [1.54, 1.807) is 29.2 Å². The molecule has 13 nitrogen and oxygen atoms in total. The van der Waals surface area contributed by atoms with E-state index < -0.39 is 59.9 Å². The molecule has 6 rings (SSSR count). The number of rotatable bonds is 13. The lowest BCUT2D eigenvalue weighted by Gasteiger charge is -2.48. The van der Waals surface area contributed by atoms with Crippen molar-refractivity contribution >= 4 is 17.6 Å². The molecule has 2 unspecified atom stereocenters. The highest BCUT2D eigenvalue weighted by molar-refractivity contribution is 6.03. The highest BCUT2D eigenvalue weighted by Gasteiger charge is 2.57. The number of nitrogens with one attached hydrogen (secondary N) is 1. The van der Waals surface area contributed by atoms with Crippen molar-refractivity contribution in [3.63, 3.8) is 0 Å². The Morgan fingerprint density at radius 2 is 1.50 bits per heavy atom. The van der Waals surface area contributed by atoms with Crippen molar-refractivity contribution in [1.82, 2.24) is 15.2 Å². The van der Waals surface area contributed by atoms with Gasteiger partial charge in [-0.3, -0.25) is 14.7 Å². The van der Waals surface area contributed by atoms with Gasteiger partial charge in [0.1, 0.15) is 60.2 Å². The third kappa shape index (κ3) is 7.63. The summed E-state index contributed by atoms with van der Waals surface area (Å²) in [6.45, 7) is 1.30. The average Bonchev–Trinajstić information content (AvgIpc) is 3.67. The van der Waals surface area contributed by atoms with Crippen LogP contribution in [0.3, 0.4) is 0 Å². The van der Waals surface area contributed by atoms with E-state index in [0.29, 0.717) is 36.1 Å². The summed E-state index contributed by atoms with van der Waals surface area (Å²) in [6.07, 6.45) is -6.52. The van der Waals surface area contributed by atoms with Gasteiger partial charge in [0.25, 0.3) is 0 Å². The predicted octanol–water partition coefficient (Wildman–Crippen LogP) is 2.00. The third-order valence-corrected chi connectivity index (χ3v) is 10.3. The molecule has 2 heterocycles. The van der Waals surface area contributed by atoms with E-state index in [2.05, 4.69) is 15.2 Å². The van der Waals surface area contributed by atoms with Gasteiger partial charge in [-0.1, -0.05) is 48.5 Å². The number of aliphatic hydroxyl groups excluding tert-OH is 5. The number of carbonyl (C=O) groups excluding carboxylic acids is 2. The van der Waals surface area contributed by atoms with Gasteiger partial charge < -0.3 is 40.3 Å². The Hall–Kier alpha value is -4.57. The Bertz CT molecular complexity index is 1790. The summed E-state index contributed by atoms with van der Waals surface area (Å²) in [5.41, 5.74) is 1.63. The van der Waals surface area contributed by atoms with Crippen LogP contribution in [0.4, 0.5) is 10.1 Å². The van der Waals surface area contributed by atoms with Crippen LogP contribution in [0.1, 0.15) is 66.4 Å². The number of aliphatic hydroxyl groups is 6. The molecule has 1 aliphatic heterocycles. The smallest absolute Gasteiger partial charge is 0.303 e. The van der Waals surface area contributed by atoms with E-state index >= 15 is 0 Å². The second kappa shape index (κ2) is 15.6. The van der Waals surface area contributed by atoms with Gasteiger partial charge in [0.15, 0.2) is 0 Å². The average molecular weight is 719 g/mol. The number of aryl methyl sites for hydroxylation is 3. The number of benzene rings is 3. The van der Waals surface area contributed by atoms with Crippen molar-refractivity contribution in [1.29, 1.82) is 0 Å². The van der Waals surface area contributed by atoms with E-state index in [1.807, 2.05) is 36.4 Å². The molecular weight excluding hydrogens is 675 g/mol. The largest absolute Gasteiger partial charge is 0.458 e. The highest BCUT2D eigenvalue weighted by atomic mass is 19.1. The predicted molar refractivity (Wildman–Crippen MR) is 184 cm³/mol. The van der Waals surface area contributed by atoms with E-state index in [9.17, 15) is 44.6 Å². The molecule has 1 saturated heterocycles. The quantitative estimate of drug-likeness (QED) is 0.0786. The Morgan fingerprint density at radius 1 is 0.885 bits per heavy atom. The number of amides is 1. The lowest BCUT2D eigenvalue weighted by molar-refractivity contribution is -0.269. The molecular formula is C38H43FN4O9. The summed E-state index contributed by atoms with van der Waals surface area (Å²) in [4.78, 5) is 31.7. The lowest BCUT2D eigenvalue weighted by Crippen LogP contribution is -2.70. The molecule has 1 saturated carbocycles. The minimum atomic E-state index is -2.27. The van der Waals surface area contributed by atoms with Crippen molar-refractivity contribution in [3.05, 3.63) is 113 Å². The van der Waals surface area contributed by atoms with E-state index in [1.165, 1.54) is 25.4 Å². The molecule has 2 aliphatic rings. The van der Waals surface area contributed by atoms with Crippen LogP contribution in [0.15, 0.2) is 79.1 Å². The third-order valence-electron chi connectivity index (χ3n) is 10.3. The number of halogens is 1. The van der Waals surface area contributed by atoms with E-state index in [4.69, 9.17) is 4.74 Å². The molecule has 1 amide bonds. The van der Waals surface area contributed by atoms with Gasteiger partial charge in [0, 0.05) is 19.0 Å². The first-order chi connectivity index (χ1) is 24.9. The molecule has 3 aromatic carbocycles.